The Morgan fingerprint density at radius 3 is 1.83 bits per heavy atom. The second-order valence-electron chi connectivity index (χ2n) is 3.09. The number of nitrogens with zero attached hydrogens (tertiary/aromatic N) is 1. The number of rotatable bonds is 7. The van der Waals surface area contributed by atoms with E-state index in [0.29, 0.717) is 0 Å². The van der Waals surface area contributed by atoms with Crippen LogP contribution in [-0.4, -0.2) is 70.7 Å². The lowest BCUT2D eigenvalue weighted by molar-refractivity contribution is -0.141. The molecule has 0 bridgehead atoms. The second kappa shape index (κ2) is 11.3. The summed E-state index contributed by atoms with van der Waals surface area (Å²) in [4.78, 5) is 40.8. The predicted octanol–water partition coefficient (Wildman–Crippen LogP) is -1.71. The zero-order valence-electron chi connectivity index (χ0n) is 9.83. The van der Waals surface area contributed by atoms with Crippen molar-refractivity contribution in [2.45, 2.75) is 6.92 Å². The summed E-state index contributed by atoms with van der Waals surface area (Å²) in [5.41, 5.74) is 0. The first-order chi connectivity index (χ1) is 8.33. The highest BCUT2D eigenvalue weighted by atomic mass is 16.4. The van der Waals surface area contributed by atoms with Crippen LogP contribution in [0.15, 0.2) is 0 Å². The zero-order chi connectivity index (χ0) is 14.6. The monoisotopic (exact) mass is 264 g/mol. The van der Waals surface area contributed by atoms with E-state index >= 15 is 0 Å². The molecule has 0 aromatic rings. The largest absolute Gasteiger partial charge is 0.483 e. The van der Waals surface area contributed by atoms with E-state index in [0.717, 1.165) is 0 Å². The Balaban J connectivity index is 0. The Bertz CT molecular complexity index is 277. The quantitative estimate of drug-likeness (QED) is 0.398. The van der Waals surface area contributed by atoms with E-state index < -0.39 is 11.9 Å². The van der Waals surface area contributed by atoms with Crippen LogP contribution in [0.3, 0.4) is 0 Å². The van der Waals surface area contributed by atoms with Gasteiger partial charge in [-0.05, 0) is 0 Å². The van der Waals surface area contributed by atoms with Crippen molar-refractivity contribution in [3.05, 3.63) is 0 Å². The molecule has 0 unspecified atom stereocenters. The van der Waals surface area contributed by atoms with Gasteiger partial charge in [0, 0.05) is 20.0 Å². The van der Waals surface area contributed by atoms with Crippen molar-refractivity contribution in [1.82, 2.24) is 10.2 Å². The van der Waals surface area contributed by atoms with Crippen molar-refractivity contribution in [1.29, 1.82) is 0 Å². The van der Waals surface area contributed by atoms with Gasteiger partial charge in [0.2, 0.25) is 5.91 Å². The van der Waals surface area contributed by atoms with Crippen LogP contribution in [0, 0.1) is 0 Å². The number of amides is 1. The third-order valence-corrected chi connectivity index (χ3v) is 1.52. The number of nitrogens with one attached hydrogen (secondary N) is 1. The van der Waals surface area contributed by atoms with Gasteiger partial charge in [-0.15, -0.1) is 0 Å². The topological polar surface area (TPSA) is 144 Å². The Morgan fingerprint density at radius 2 is 1.56 bits per heavy atom. The van der Waals surface area contributed by atoms with Crippen LogP contribution >= 0.6 is 0 Å². The van der Waals surface area contributed by atoms with E-state index in [2.05, 4.69) is 5.32 Å². The summed E-state index contributed by atoms with van der Waals surface area (Å²) in [5.74, 6) is -2.43. The summed E-state index contributed by atoms with van der Waals surface area (Å²) in [7, 11) is 0. The van der Waals surface area contributed by atoms with E-state index in [1.165, 1.54) is 11.8 Å². The van der Waals surface area contributed by atoms with E-state index in [1.807, 2.05) is 0 Å². The first-order valence-electron chi connectivity index (χ1n) is 4.81. The first-order valence-corrected chi connectivity index (χ1v) is 4.81. The molecule has 0 saturated heterocycles. The van der Waals surface area contributed by atoms with E-state index in [4.69, 9.17) is 20.1 Å². The summed E-state index contributed by atoms with van der Waals surface area (Å²) in [6.07, 6.45) is 0. The van der Waals surface area contributed by atoms with Crippen molar-refractivity contribution >= 4 is 24.3 Å². The maximum Gasteiger partial charge on any atom is 0.317 e. The van der Waals surface area contributed by atoms with Crippen LogP contribution < -0.4 is 5.32 Å². The van der Waals surface area contributed by atoms with Gasteiger partial charge in [-0.1, -0.05) is 0 Å². The number of hydrogen-bond acceptors (Lipinski definition) is 5. The number of carbonyl (C=O) groups excluding carboxylic acids is 1. The molecule has 18 heavy (non-hydrogen) atoms. The van der Waals surface area contributed by atoms with Gasteiger partial charge < -0.3 is 20.6 Å². The molecule has 104 valence electrons. The van der Waals surface area contributed by atoms with Crippen LogP contribution in [0.5, 0.6) is 0 Å². The van der Waals surface area contributed by atoms with E-state index in [-0.39, 0.29) is 38.6 Å². The molecule has 0 aromatic carbocycles. The Morgan fingerprint density at radius 1 is 1.17 bits per heavy atom. The molecule has 0 aliphatic carbocycles. The summed E-state index contributed by atoms with van der Waals surface area (Å²) >= 11 is 0. The van der Waals surface area contributed by atoms with Gasteiger partial charge in [0.25, 0.3) is 6.47 Å². The number of hydrogen-bond donors (Lipinski definition) is 4. The SMILES string of the molecule is CC(=O)NCCN(CC(=O)O)CC(=O)O.O=CO. The summed E-state index contributed by atoms with van der Waals surface area (Å²) < 4.78 is 0. The van der Waals surface area contributed by atoms with Crippen LogP contribution in [0.2, 0.25) is 0 Å². The van der Waals surface area contributed by atoms with Crippen LogP contribution in [-0.2, 0) is 19.2 Å². The molecule has 0 aromatic heterocycles. The fourth-order valence-electron chi connectivity index (χ4n) is 0.987. The highest BCUT2D eigenvalue weighted by Crippen LogP contribution is 1.87. The van der Waals surface area contributed by atoms with Gasteiger partial charge in [-0.2, -0.15) is 0 Å². The maximum atomic E-state index is 10.5. The lowest BCUT2D eigenvalue weighted by Crippen LogP contribution is -2.39. The lowest BCUT2D eigenvalue weighted by Gasteiger charge is -2.17. The number of carboxylic acids is 2. The molecule has 0 aliphatic rings. The highest BCUT2D eigenvalue weighted by molar-refractivity contribution is 5.73. The third kappa shape index (κ3) is 16.3. The van der Waals surface area contributed by atoms with Gasteiger partial charge in [-0.25, -0.2) is 0 Å². The summed E-state index contributed by atoms with van der Waals surface area (Å²) in [5, 5.41) is 26.3. The minimum atomic E-state index is -1.10. The molecule has 9 nitrogen and oxygen atoms in total. The first kappa shape index (κ1) is 18.2. The van der Waals surface area contributed by atoms with Gasteiger partial charge >= 0.3 is 11.9 Å². The molecule has 0 spiro atoms. The molecule has 0 radical (unpaired) electrons. The maximum absolute atomic E-state index is 10.5. The molecule has 0 atom stereocenters. The standard InChI is InChI=1S/C8H14N2O5.CH2O2/c1-6(11)9-2-3-10(4-7(12)13)5-8(14)15;2-1-3/h2-5H2,1H3,(H,9,11)(H,12,13)(H,14,15);1H,(H,2,3). The van der Waals surface area contributed by atoms with Crippen LogP contribution in [0.1, 0.15) is 6.92 Å². The van der Waals surface area contributed by atoms with Gasteiger partial charge in [0.1, 0.15) is 0 Å². The Labute approximate surface area is 103 Å². The fourth-order valence-corrected chi connectivity index (χ4v) is 0.987. The van der Waals surface area contributed by atoms with E-state index in [9.17, 15) is 14.4 Å². The van der Waals surface area contributed by atoms with Gasteiger partial charge in [0.15, 0.2) is 0 Å². The smallest absolute Gasteiger partial charge is 0.317 e. The highest BCUT2D eigenvalue weighted by Gasteiger charge is 2.12. The normalized spacial score (nSPS) is 9.00. The molecule has 1 amide bonds. The molecule has 0 heterocycles. The Hall–Kier alpha value is -2.16. The molecule has 0 saturated carbocycles. The van der Waals surface area contributed by atoms with Gasteiger partial charge in [0.05, 0.1) is 13.1 Å². The van der Waals surface area contributed by atoms with Crippen molar-refractivity contribution < 1.29 is 34.5 Å². The molecule has 0 aliphatic heterocycles. The number of carbonyl (C=O) groups is 4. The molecule has 4 N–H and O–H groups in total. The second-order valence-corrected chi connectivity index (χ2v) is 3.09. The predicted molar refractivity (Wildman–Crippen MR) is 59.1 cm³/mol. The third-order valence-electron chi connectivity index (χ3n) is 1.52. The fraction of sp³-hybridized carbons (Fsp3) is 0.556. The molecule has 0 fully saturated rings. The minimum absolute atomic E-state index is 0.193. The average Bonchev–Trinajstić information content (AvgIpc) is 2.15. The zero-order valence-corrected chi connectivity index (χ0v) is 9.83. The number of carboxylic acid groups (broad SMARTS) is 3. The lowest BCUT2D eigenvalue weighted by atomic mass is 10.4. The number of aliphatic carboxylic acids is 2. The summed E-state index contributed by atoms with van der Waals surface area (Å²) in [6, 6.07) is 0. The van der Waals surface area contributed by atoms with Crippen LogP contribution in [0.4, 0.5) is 0 Å². The van der Waals surface area contributed by atoms with Crippen molar-refractivity contribution in [3.8, 4) is 0 Å². The molecule has 0 rings (SSSR count). The molecular weight excluding hydrogens is 248 g/mol. The molecular formula is C9H16N2O7. The van der Waals surface area contributed by atoms with Crippen LogP contribution in [0.25, 0.3) is 0 Å². The Kier molecular flexibility index (Phi) is 11.5. The van der Waals surface area contributed by atoms with Crippen molar-refractivity contribution in [3.63, 3.8) is 0 Å². The minimum Gasteiger partial charge on any atom is -0.483 e. The van der Waals surface area contributed by atoms with E-state index in [1.54, 1.807) is 0 Å². The molecule has 9 heteroatoms. The van der Waals surface area contributed by atoms with Crippen molar-refractivity contribution in [2.75, 3.05) is 26.2 Å². The van der Waals surface area contributed by atoms with Gasteiger partial charge in [-0.3, -0.25) is 24.1 Å². The van der Waals surface area contributed by atoms with Crippen molar-refractivity contribution in [2.24, 2.45) is 0 Å². The average molecular weight is 264 g/mol. The summed E-state index contributed by atoms with van der Waals surface area (Å²) in [6.45, 7) is 0.796.